The predicted molar refractivity (Wildman–Crippen MR) is 98.9 cm³/mol. The molecule has 0 saturated heterocycles. The third-order valence-corrected chi connectivity index (χ3v) is 3.98. The Morgan fingerprint density at radius 3 is 2.67 bits per heavy atom. The predicted octanol–water partition coefficient (Wildman–Crippen LogP) is 3.98. The van der Waals surface area contributed by atoms with E-state index in [1.165, 1.54) is 0 Å². The van der Waals surface area contributed by atoms with E-state index in [4.69, 9.17) is 14.2 Å². The standard InChI is InChI=1S/C18H19IO5/c1-22-16-6-3-2-5-13(16)12-23-9-4-10-24-17-8-7-14(19)11-15(17)18(20)21/h2-3,5-8,11H,4,9-10,12H2,1H3,(H,20,21). The van der Waals surface area contributed by atoms with E-state index in [1.54, 1.807) is 19.2 Å². The molecule has 5 nitrogen and oxygen atoms in total. The Labute approximate surface area is 154 Å². The highest BCUT2D eigenvalue weighted by atomic mass is 127. The van der Waals surface area contributed by atoms with Crippen molar-refractivity contribution in [2.45, 2.75) is 13.0 Å². The van der Waals surface area contributed by atoms with Crippen LogP contribution >= 0.6 is 22.6 Å². The molecule has 0 heterocycles. The van der Waals surface area contributed by atoms with Gasteiger partial charge >= 0.3 is 5.97 Å². The third-order valence-electron chi connectivity index (χ3n) is 3.31. The maximum absolute atomic E-state index is 11.2. The quantitative estimate of drug-likeness (QED) is 0.470. The van der Waals surface area contributed by atoms with Gasteiger partial charge < -0.3 is 19.3 Å². The lowest BCUT2D eigenvalue weighted by Gasteiger charge is -2.11. The van der Waals surface area contributed by atoms with Crippen molar-refractivity contribution >= 4 is 28.6 Å². The SMILES string of the molecule is COc1ccccc1COCCCOc1ccc(I)cc1C(=O)O. The van der Waals surface area contributed by atoms with Crippen LogP contribution in [0.15, 0.2) is 42.5 Å². The minimum Gasteiger partial charge on any atom is -0.496 e. The number of aromatic carboxylic acids is 1. The van der Waals surface area contributed by atoms with Crippen molar-refractivity contribution < 1.29 is 24.1 Å². The molecular weight excluding hydrogens is 423 g/mol. The lowest BCUT2D eigenvalue weighted by Crippen LogP contribution is -2.07. The number of carboxylic acid groups (broad SMARTS) is 1. The lowest BCUT2D eigenvalue weighted by molar-refractivity contribution is 0.0690. The molecule has 1 N–H and O–H groups in total. The Kier molecular flexibility index (Phi) is 7.33. The molecule has 2 aromatic carbocycles. The van der Waals surface area contributed by atoms with Crippen LogP contribution in [0.3, 0.4) is 0 Å². The zero-order valence-corrected chi connectivity index (χ0v) is 15.5. The van der Waals surface area contributed by atoms with Gasteiger partial charge in [-0.1, -0.05) is 18.2 Å². The van der Waals surface area contributed by atoms with E-state index >= 15 is 0 Å². The molecule has 0 radical (unpaired) electrons. The van der Waals surface area contributed by atoms with Gasteiger partial charge in [0.25, 0.3) is 0 Å². The van der Waals surface area contributed by atoms with Crippen LogP contribution in [0.1, 0.15) is 22.3 Å². The molecule has 0 unspecified atom stereocenters. The van der Waals surface area contributed by atoms with Gasteiger partial charge in [0, 0.05) is 15.6 Å². The van der Waals surface area contributed by atoms with Crippen molar-refractivity contribution in [2.75, 3.05) is 20.3 Å². The summed E-state index contributed by atoms with van der Waals surface area (Å²) in [5.41, 5.74) is 1.17. The highest BCUT2D eigenvalue weighted by Crippen LogP contribution is 2.22. The summed E-state index contributed by atoms with van der Waals surface area (Å²) < 4.78 is 17.3. The summed E-state index contributed by atoms with van der Waals surface area (Å²) in [6.45, 7) is 1.38. The minimum atomic E-state index is -0.990. The first-order valence-electron chi connectivity index (χ1n) is 7.47. The first-order valence-corrected chi connectivity index (χ1v) is 8.55. The molecule has 0 aliphatic rings. The van der Waals surface area contributed by atoms with E-state index in [1.807, 2.05) is 30.3 Å². The van der Waals surface area contributed by atoms with Crippen molar-refractivity contribution in [3.8, 4) is 11.5 Å². The van der Waals surface area contributed by atoms with E-state index in [9.17, 15) is 9.90 Å². The topological polar surface area (TPSA) is 65.0 Å². The number of methoxy groups -OCH3 is 1. The number of rotatable bonds is 9. The molecule has 0 amide bonds. The number of halogens is 1. The van der Waals surface area contributed by atoms with E-state index in [2.05, 4.69) is 22.6 Å². The molecule has 6 heteroatoms. The molecule has 24 heavy (non-hydrogen) atoms. The summed E-state index contributed by atoms with van der Waals surface area (Å²) in [6, 6.07) is 12.8. The molecule has 128 valence electrons. The molecule has 0 aliphatic carbocycles. The molecule has 0 fully saturated rings. The molecule has 0 aromatic heterocycles. The largest absolute Gasteiger partial charge is 0.496 e. The van der Waals surface area contributed by atoms with Crippen LogP contribution in [0.2, 0.25) is 0 Å². The monoisotopic (exact) mass is 442 g/mol. The van der Waals surface area contributed by atoms with Crippen LogP contribution in [-0.2, 0) is 11.3 Å². The average Bonchev–Trinajstić information content (AvgIpc) is 2.59. The highest BCUT2D eigenvalue weighted by Gasteiger charge is 2.11. The fourth-order valence-corrected chi connectivity index (χ4v) is 2.63. The molecular formula is C18H19IO5. The zero-order valence-electron chi connectivity index (χ0n) is 13.3. The van der Waals surface area contributed by atoms with Crippen LogP contribution in [0.4, 0.5) is 0 Å². The van der Waals surface area contributed by atoms with E-state index in [0.29, 0.717) is 32.0 Å². The second-order valence-corrected chi connectivity index (χ2v) is 6.26. The summed E-state index contributed by atoms with van der Waals surface area (Å²) in [5.74, 6) is 0.197. The smallest absolute Gasteiger partial charge is 0.339 e. The second-order valence-electron chi connectivity index (χ2n) is 5.01. The van der Waals surface area contributed by atoms with Crippen LogP contribution in [0.5, 0.6) is 11.5 Å². The van der Waals surface area contributed by atoms with Crippen LogP contribution in [-0.4, -0.2) is 31.4 Å². The van der Waals surface area contributed by atoms with Crippen LogP contribution in [0.25, 0.3) is 0 Å². The Morgan fingerprint density at radius 1 is 1.12 bits per heavy atom. The Hall–Kier alpha value is -1.80. The number of benzene rings is 2. The van der Waals surface area contributed by atoms with Crippen molar-refractivity contribution in [3.63, 3.8) is 0 Å². The summed E-state index contributed by atoms with van der Waals surface area (Å²) >= 11 is 2.07. The summed E-state index contributed by atoms with van der Waals surface area (Å²) in [6.07, 6.45) is 0.667. The molecule has 0 atom stereocenters. The van der Waals surface area contributed by atoms with Gasteiger partial charge in [-0.15, -0.1) is 0 Å². The molecule has 0 saturated carbocycles. The lowest BCUT2D eigenvalue weighted by atomic mass is 10.2. The van der Waals surface area contributed by atoms with Gasteiger partial charge in [-0.3, -0.25) is 0 Å². The number of carboxylic acids is 1. The highest BCUT2D eigenvalue weighted by molar-refractivity contribution is 14.1. The summed E-state index contributed by atoms with van der Waals surface area (Å²) in [4.78, 5) is 11.2. The van der Waals surface area contributed by atoms with Gasteiger partial charge in [0.2, 0.25) is 0 Å². The fourth-order valence-electron chi connectivity index (χ4n) is 2.14. The number of hydrogen-bond acceptors (Lipinski definition) is 4. The van der Waals surface area contributed by atoms with Gasteiger partial charge in [-0.25, -0.2) is 4.79 Å². The van der Waals surface area contributed by atoms with Gasteiger partial charge in [-0.2, -0.15) is 0 Å². The van der Waals surface area contributed by atoms with Gasteiger partial charge in [0.1, 0.15) is 17.1 Å². The summed E-state index contributed by atoms with van der Waals surface area (Å²) in [7, 11) is 1.63. The van der Waals surface area contributed by atoms with Crippen LogP contribution < -0.4 is 9.47 Å². The van der Waals surface area contributed by atoms with Crippen molar-refractivity contribution in [1.29, 1.82) is 0 Å². The first kappa shape index (κ1) is 18.5. The molecule has 0 bridgehead atoms. The van der Waals surface area contributed by atoms with Crippen molar-refractivity contribution in [2.24, 2.45) is 0 Å². The van der Waals surface area contributed by atoms with E-state index in [-0.39, 0.29) is 5.56 Å². The molecule has 2 rings (SSSR count). The Balaban J connectivity index is 1.75. The Bertz CT molecular complexity index is 687. The molecule has 0 spiro atoms. The molecule has 0 aliphatic heterocycles. The first-order chi connectivity index (χ1) is 11.6. The minimum absolute atomic E-state index is 0.178. The van der Waals surface area contributed by atoms with Gasteiger partial charge in [-0.05, 0) is 46.9 Å². The number of ether oxygens (including phenoxy) is 3. The second kappa shape index (κ2) is 9.48. The van der Waals surface area contributed by atoms with E-state index in [0.717, 1.165) is 14.9 Å². The number of para-hydroxylation sites is 1. The zero-order chi connectivity index (χ0) is 17.4. The molecule has 2 aromatic rings. The average molecular weight is 442 g/mol. The number of hydrogen-bond donors (Lipinski definition) is 1. The maximum Gasteiger partial charge on any atom is 0.339 e. The fraction of sp³-hybridized carbons (Fsp3) is 0.278. The maximum atomic E-state index is 11.2. The van der Waals surface area contributed by atoms with Gasteiger partial charge in [0.05, 0.1) is 26.9 Å². The van der Waals surface area contributed by atoms with Gasteiger partial charge in [0.15, 0.2) is 0 Å². The summed E-state index contributed by atoms with van der Waals surface area (Å²) in [5, 5.41) is 9.19. The van der Waals surface area contributed by atoms with Crippen LogP contribution in [0, 0.1) is 3.57 Å². The Morgan fingerprint density at radius 2 is 1.92 bits per heavy atom. The number of carbonyl (C=O) groups is 1. The van der Waals surface area contributed by atoms with E-state index < -0.39 is 5.97 Å². The van der Waals surface area contributed by atoms with Crippen molar-refractivity contribution in [1.82, 2.24) is 0 Å². The van der Waals surface area contributed by atoms with Crippen molar-refractivity contribution in [3.05, 3.63) is 57.2 Å². The third kappa shape index (κ3) is 5.38. The normalized spacial score (nSPS) is 10.4.